The quantitative estimate of drug-likeness (QED) is 0.727. The number of nitrogens with zero attached hydrogens (tertiary/aromatic N) is 2. The summed E-state index contributed by atoms with van der Waals surface area (Å²) < 4.78 is 38.7. The van der Waals surface area contributed by atoms with E-state index in [-0.39, 0.29) is 11.6 Å². The van der Waals surface area contributed by atoms with Crippen LogP contribution in [-0.4, -0.2) is 41.4 Å². The lowest BCUT2D eigenvalue weighted by Crippen LogP contribution is -2.47. The first-order valence-electron chi connectivity index (χ1n) is 9.39. The molecule has 160 valence electrons. The molecule has 0 unspecified atom stereocenters. The van der Waals surface area contributed by atoms with Gasteiger partial charge in [-0.25, -0.2) is 4.79 Å². The molecule has 3 amide bonds. The van der Waals surface area contributed by atoms with Crippen molar-refractivity contribution < 1.29 is 22.8 Å². The number of carbonyl (C=O) groups is 2. The Labute approximate surface area is 177 Å². The van der Waals surface area contributed by atoms with Gasteiger partial charge in [-0.1, -0.05) is 29.8 Å². The third kappa shape index (κ3) is 5.24. The van der Waals surface area contributed by atoms with Gasteiger partial charge < -0.3 is 15.1 Å². The molecule has 2 aromatic carbocycles. The maximum Gasteiger partial charge on any atom is 0.416 e. The first-order valence-corrected chi connectivity index (χ1v) is 9.77. The summed E-state index contributed by atoms with van der Waals surface area (Å²) in [5, 5.41) is 3.08. The van der Waals surface area contributed by atoms with Crippen LogP contribution < -0.4 is 5.32 Å². The number of anilines is 1. The van der Waals surface area contributed by atoms with Gasteiger partial charge in [0.2, 0.25) is 5.91 Å². The molecule has 1 saturated heterocycles. The Morgan fingerprint density at radius 3 is 2.57 bits per heavy atom. The van der Waals surface area contributed by atoms with Crippen LogP contribution in [0.15, 0.2) is 48.5 Å². The second kappa shape index (κ2) is 8.95. The molecule has 0 saturated carbocycles. The molecule has 30 heavy (non-hydrogen) atoms. The molecule has 1 atom stereocenters. The molecule has 0 aromatic heterocycles. The summed E-state index contributed by atoms with van der Waals surface area (Å²) in [6.45, 7) is 0.714. The van der Waals surface area contributed by atoms with Crippen molar-refractivity contribution in [2.24, 2.45) is 0 Å². The SMILES string of the molecule is CN(Cc1ccc(Cl)cc1)C(=O)[C@H]1CCCN1C(=O)Nc1cccc(C(F)(F)F)c1. The van der Waals surface area contributed by atoms with E-state index < -0.39 is 23.8 Å². The normalized spacial score (nSPS) is 16.4. The minimum absolute atomic E-state index is 0.0300. The third-order valence-corrected chi connectivity index (χ3v) is 5.20. The number of likely N-dealkylation sites (N-methyl/N-ethyl adjacent to an activating group) is 1. The van der Waals surface area contributed by atoms with Crippen molar-refractivity contribution in [2.75, 3.05) is 18.9 Å². The van der Waals surface area contributed by atoms with Crippen LogP contribution in [-0.2, 0) is 17.5 Å². The summed E-state index contributed by atoms with van der Waals surface area (Å²) >= 11 is 5.88. The zero-order chi connectivity index (χ0) is 21.9. The Bertz CT molecular complexity index is 918. The molecule has 0 spiro atoms. The van der Waals surface area contributed by atoms with Crippen LogP contribution in [0, 0.1) is 0 Å². The summed E-state index contributed by atoms with van der Waals surface area (Å²) in [4.78, 5) is 28.5. The fourth-order valence-electron chi connectivity index (χ4n) is 3.43. The van der Waals surface area contributed by atoms with Gasteiger partial charge in [-0.3, -0.25) is 4.79 Å². The van der Waals surface area contributed by atoms with Crippen LogP contribution in [0.1, 0.15) is 24.0 Å². The molecule has 1 aliphatic rings. The van der Waals surface area contributed by atoms with Crippen LogP contribution in [0.25, 0.3) is 0 Å². The highest BCUT2D eigenvalue weighted by atomic mass is 35.5. The molecular formula is C21H21ClF3N3O2. The van der Waals surface area contributed by atoms with Crippen LogP contribution in [0.4, 0.5) is 23.7 Å². The van der Waals surface area contributed by atoms with Gasteiger partial charge in [0.25, 0.3) is 0 Å². The lowest BCUT2D eigenvalue weighted by Gasteiger charge is -2.28. The van der Waals surface area contributed by atoms with Crippen molar-refractivity contribution >= 4 is 29.2 Å². The van der Waals surface area contributed by atoms with Gasteiger partial charge in [0.15, 0.2) is 0 Å². The summed E-state index contributed by atoms with van der Waals surface area (Å²) in [5.41, 5.74) is 0.0766. The topological polar surface area (TPSA) is 52.7 Å². The molecule has 1 N–H and O–H groups in total. The predicted octanol–water partition coefficient (Wildman–Crippen LogP) is 5.01. The minimum Gasteiger partial charge on any atom is -0.340 e. The number of urea groups is 1. The Morgan fingerprint density at radius 2 is 1.90 bits per heavy atom. The Kier molecular flexibility index (Phi) is 6.55. The van der Waals surface area contributed by atoms with Crippen molar-refractivity contribution in [1.29, 1.82) is 0 Å². The number of benzene rings is 2. The van der Waals surface area contributed by atoms with E-state index in [1.807, 2.05) is 12.1 Å². The fourth-order valence-corrected chi connectivity index (χ4v) is 3.56. The minimum atomic E-state index is -4.50. The molecular weight excluding hydrogens is 419 g/mol. The Hall–Kier alpha value is -2.74. The number of alkyl halides is 3. The summed E-state index contributed by atoms with van der Waals surface area (Å²) in [7, 11) is 1.65. The highest BCUT2D eigenvalue weighted by Gasteiger charge is 2.36. The molecule has 2 aromatic rings. The van der Waals surface area contributed by atoms with Crippen LogP contribution in [0.3, 0.4) is 0 Å². The Morgan fingerprint density at radius 1 is 1.20 bits per heavy atom. The summed E-state index contributed by atoms with van der Waals surface area (Å²) in [6, 6.07) is 10.3. The van der Waals surface area contributed by atoms with Crippen molar-refractivity contribution in [3.8, 4) is 0 Å². The molecule has 0 aliphatic carbocycles. The van der Waals surface area contributed by atoms with Crippen molar-refractivity contribution in [3.63, 3.8) is 0 Å². The molecule has 1 fully saturated rings. The molecule has 3 rings (SSSR count). The number of nitrogens with one attached hydrogen (secondary N) is 1. The number of rotatable bonds is 4. The van der Waals surface area contributed by atoms with E-state index in [2.05, 4.69) is 5.32 Å². The number of carbonyl (C=O) groups excluding carboxylic acids is 2. The van der Waals surface area contributed by atoms with E-state index >= 15 is 0 Å². The maximum atomic E-state index is 12.9. The average Bonchev–Trinajstić information content (AvgIpc) is 3.18. The molecule has 0 radical (unpaired) electrons. The van der Waals surface area contributed by atoms with Gasteiger partial charge in [0.1, 0.15) is 6.04 Å². The van der Waals surface area contributed by atoms with E-state index in [1.54, 1.807) is 19.2 Å². The van der Waals surface area contributed by atoms with Gasteiger partial charge in [0.05, 0.1) is 5.56 Å². The number of hydrogen-bond donors (Lipinski definition) is 1. The van der Waals surface area contributed by atoms with Gasteiger partial charge >= 0.3 is 12.2 Å². The third-order valence-electron chi connectivity index (χ3n) is 4.95. The van der Waals surface area contributed by atoms with E-state index in [4.69, 9.17) is 11.6 Å². The van der Waals surface area contributed by atoms with E-state index in [0.29, 0.717) is 31.0 Å². The van der Waals surface area contributed by atoms with E-state index in [0.717, 1.165) is 17.7 Å². The zero-order valence-electron chi connectivity index (χ0n) is 16.2. The largest absolute Gasteiger partial charge is 0.416 e. The second-order valence-electron chi connectivity index (χ2n) is 7.18. The first-order chi connectivity index (χ1) is 14.1. The lowest BCUT2D eigenvalue weighted by atomic mass is 10.1. The number of halogens is 4. The Balaban J connectivity index is 1.66. The van der Waals surface area contributed by atoms with Gasteiger partial charge in [-0.2, -0.15) is 13.2 Å². The number of amides is 3. The molecule has 5 nitrogen and oxygen atoms in total. The second-order valence-corrected chi connectivity index (χ2v) is 7.62. The van der Waals surface area contributed by atoms with Crippen LogP contribution >= 0.6 is 11.6 Å². The summed E-state index contributed by atoms with van der Waals surface area (Å²) in [6.07, 6.45) is -3.36. The highest BCUT2D eigenvalue weighted by Crippen LogP contribution is 2.31. The first kappa shape index (κ1) is 22.0. The van der Waals surface area contributed by atoms with Crippen molar-refractivity contribution in [3.05, 3.63) is 64.7 Å². The number of likely N-dealkylation sites (tertiary alicyclic amines) is 1. The van der Waals surface area contributed by atoms with Gasteiger partial charge in [0, 0.05) is 30.8 Å². The smallest absolute Gasteiger partial charge is 0.340 e. The standard InChI is InChI=1S/C21H21ClF3N3O2/c1-27(13-14-7-9-16(22)10-8-14)19(29)18-6-3-11-28(18)20(30)26-17-5-2-4-15(12-17)21(23,24)25/h2,4-5,7-10,12,18H,3,6,11,13H2,1H3,(H,26,30)/t18-/m1/s1. The molecule has 0 bridgehead atoms. The fraction of sp³-hybridized carbons (Fsp3) is 0.333. The number of hydrogen-bond acceptors (Lipinski definition) is 2. The molecule has 9 heteroatoms. The molecule has 1 aliphatic heterocycles. The monoisotopic (exact) mass is 439 g/mol. The van der Waals surface area contributed by atoms with E-state index in [9.17, 15) is 22.8 Å². The van der Waals surface area contributed by atoms with Crippen molar-refractivity contribution in [1.82, 2.24) is 9.80 Å². The van der Waals surface area contributed by atoms with Gasteiger partial charge in [-0.05, 0) is 48.7 Å². The van der Waals surface area contributed by atoms with Crippen molar-refractivity contribution in [2.45, 2.75) is 31.6 Å². The summed E-state index contributed by atoms with van der Waals surface area (Å²) in [5.74, 6) is -0.221. The lowest BCUT2D eigenvalue weighted by molar-refractivity contribution is -0.137. The van der Waals surface area contributed by atoms with E-state index in [1.165, 1.54) is 21.9 Å². The predicted molar refractivity (Wildman–Crippen MR) is 108 cm³/mol. The highest BCUT2D eigenvalue weighted by molar-refractivity contribution is 6.30. The molecule has 1 heterocycles. The van der Waals surface area contributed by atoms with Crippen LogP contribution in [0.5, 0.6) is 0 Å². The average molecular weight is 440 g/mol. The zero-order valence-corrected chi connectivity index (χ0v) is 17.0. The maximum absolute atomic E-state index is 12.9. The van der Waals surface area contributed by atoms with Gasteiger partial charge in [-0.15, -0.1) is 0 Å². The van der Waals surface area contributed by atoms with Crippen LogP contribution in [0.2, 0.25) is 5.02 Å².